The molecule has 82 valence electrons. The molecule has 5 heteroatoms. The number of aromatic nitrogens is 4. The predicted octanol–water partition coefficient (Wildman–Crippen LogP) is 1.39. The van der Waals surface area contributed by atoms with Crippen LogP contribution in [-0.4, -0.2) is 25.3 Å². The van der Waals surface area contributed by atoms with E-state index >= 15 is 0 Å². The zero-order valence-electron chi connectivity index (χ0n) is 9.43. The maximum absolute atomic E-state index is 11.2. The van der Waals surface area contributed by atoms with Crippen molar-refractivity contribution in [3.8, 4) is 11.6 Å². The molecule has 2 aromatic rings. The number of nitrogens with zero attached hydrogens (tertiary/aromatic N) is 4. The van der Waals surface area contributed by atoms with E-state index in [2.05, 4.69) is 15.0 Å². The quantitative estimate of drug-likeness (QED) is 0.712. The van der Waals surface area contributed by atoms with E-state index < -0.39 is 0 Å². The van der Waals surface area contributed by atoms with E-state index in [9.17, 15) is 4.79 Å². The van der Waals surface area contributed by atoms with Crippen LogP contribution < -0.4 is 0 Å². The van der Waals surface area contributed by atoms with Gasteiger partial charge in [-0.25, -0.2) is 15.0 Å². The van der Waals surface area contributed by atoms with E-state index in [1.54, 1.807) is 19.3 Å². The number of hydrogen-bond donors (Lipinski definition) is 0. The molecule has 16 heavy (non-hydrogen) atoms. The minimum absolute atomic E-state index is 0.0242. The standard InChI is InChI=1S/C11H12N4O/c1-7-9(8(2)16)6-13-10(14-7)11-12-4-5-15(11)3/h4-6H,1-3H3. The SMILES string of the molecule is CC(=O)c1cnc(-c2nccn2C)nc1C. The first-order valence-corrected chi connectivity index (χ1v) is 4.92. The zero-order chi connectivity index (χ0) is 11.7. The van der Waals surface area contributed by atoms with Gasteiger partial charge in [0.15, 0.2) is 17.4 Å². The average Bonchev–Trinajstić information content (AvgIpc) is 2.63. The van der Waals surface area contributed by atoms with Gasteiger partial charge in [0.25, 0.3) is 0 Å². The number of hydrogen-bond acceptors (Lipinski definition) is 4. The molecule has 0 N–H and O–H groups in total. The van der Waals surface area contributed by atoms with Crippen LogP contribution in [0, 0.1) is 6.92 Å². The number of Topliss-reactive ketones (excluding diaryl/α,β-unsaturated/α-hetero) is 1. The van der Waals surface area contributed by atoms with Crippen molar-refractivity contribution < 1.29 is 4.79 Å². The van der Waals surface area contributed by atoms with Gasteiger partial charge in [0, 0.05) is 25.6 Å². The molecule has 0 spiro atoms. The summed E-state index contributed by atoms with van der Waals surface area (Å²) in [6.45, 7) is 3.30. The summed E-state index contributed by atoms with van der Waals surface area (Å²) in [4.78, 5) is 23.8. The third kappa shape index (κ3) is 1.71. The lowest BCUT2D eigenvalue weighted by molar-refractivity contribution is 0.101. The Morgan fingerprint density at radius 2 is 2.12 bits per heavy atom. The zero-order valence-corrected chi connectivity index (χ0v) is 9.43. The highest BCUT2D eigenvalue weighted by atomic mass is 16.1. The molecule has 0 unspecified atom stereocenters. The summed E-state index contributed by atoms with van der Waals surface area (Å²) in [6, 6.07) is 0. The number of carbonyl (C=O) groups is 1. The van der Waals surface area contributed by atoms with Crippen molar-refractivity contribution in [2.45, 2.75) is 13.8 Å². The smallest absolute Gasteiger partial charge is 0.196 e. The third-order valence-corrected chi connectivity index (χ3v) is 2.38. The summed E-state index contributed by atoms with van der Waals surface area (Å²) >= 11 is 0. The Labute approximate surface area is 93.2 Å². The van der Waals surface area contributed by atoms with Crippen LogP contribution >= 0.6 is 0 Å². The fourth-order valence-electron chi connectivity index (χ4n) is 1.50. The molecule has 5 nitrogen and oxygen atoms in total. The highest BCUT2D eigenvalue weighted by Crippen LogP contribution is 2.13. The molecule has 2 rings (SSSR count). The van der Waals surface area contributed by atoms with Gasteiger partial charge < -0.3 is 4.57 Å². The van der Waals surface area contributed by atoms with E-state index in [4.69, 9.17) is 0 Å². The lowest BCUT2D eigenvalue weighted by Gasteiger charge is -2.04. The van der Waals surface area contributed by atoms with Crippen molar-refractivity contribution in [1.29, 1.82) is 0 Å². The van der Waals surface area contributed by atoms with E-state index in [0.717, 1.165) is 0 Å². The monoisotopic (exact) mass is 216 g/mol. The van der Waals surface area contributed by atoms with Gasteiger partial charge in [-0.15, -0.1) is 0 Å². The van der Waals surface area contributed by atoms with Gasteiger partial charge in [0.2, 0.25) is 0 Å². The Hall–Kier alpha value is -2.04. The molecule has 2 heterocycles. The molecule has 2 aromatic heterocycles. The Bertz CT molecular complexity index is 545. The lowest BCUT2D eigenvalue weighted by atomic mass is 10.2. The van der Waals surface area contributed by atoms with Gasteiger partial charge in [-0.3, -0.25) is 4.79 Å². The first kappa shape index (κ1) is 10.5. The summed E-state index contributed by atoms with van der Waals surface area (Å²) in [6.07, 6.45) is 5.06. The molecule has 0 aromatic carbocycles. The molecule has 0 bridgehead atoms. The van der Waals surface area contributed by atoms with Crippen LogP contribution in [0.25, 0.3) is 11.6 Å². The average molecular weight is 216 g/mol. The summed E-state index contributed by atoms with van der Waals surface area (Å²) in [5.41, 5.74) is 1.23. The van der Waals surface area contributed by atoms with Crippen molar-refractivity contribution in [2.24, 2.45) is 7.05 Å². The molecule has 0 amide bonds. The second-order valence-electron chi connectivity index (χ2n) is 3.61. The third-order valence-electron chi connectivity index (χ3n) is 2.38. The Morgan fingerprint density at radius 3 is 2.62 bits per heavy atom. The van der Waals surface area contributed by atoms with Crippen LogP contribution in [0.1, 0.15) is 23.0 Å². The van der Waals surface area contributed by atoms with Gasteiger partial charge in [0.1, 0.15) is 0 Å². The highest BCUT2D eigenvalue weighted by Gasteiger charge is 2.11. The van der Waals surface area contributed by atoms with Crippen molar-refractivity contribution in [3.63, 3.8) is 0 Å². The van der Waals surface area contributed by atoms with Crippen LogP contribution in [0.3, 0.4) is 0 Å². The number of rotatable bonds is 2. The minimum Gasteiger partial charge on any atom is -0.331 e. The molecule has 0 radical (unpaired) electrons. The van der Waals surface area contributed by atoms with E-state index in [1.165, 1.54) is 6.92 Å². The molecular formula is C11H12N4O. The van der Waals surface area contributed by atoms with Gasteiger partial charge in [-0.2, -0.15) is 0 Å². The van der Waals surface area contributed by atoms with Crippen LogP contribution in [0.15, 0.2) is 18.6 Å². The Kier molecular flexibility index (Phi) is 2.52. The fourth-order valence-corrected chi connectivity index (χ4v) is 1.50. The molecule has 0 saturated heterocycles. The normalized spacial score (nSPS) is 10.4. The number of carbonyl (C=O) groups excluding carboxylic acids is 1. The number of aryl methyl sites for hydroxylation is 2. The molecule has 0 fully saturated rings. The molecule has 0 aliphatic rings. The first-order valence-electron chi connectivity index (χ1n) is 4.92. The second-order valence-corrected chi connectivity index (χ2v) is 3.61. The Morgan fingerprint density at radius 1 is 1.38 bits per heavy atom. The van der Waals surface area contributed by atoms with Crippen LogP contribution in [-0.2, 0) is 7.05 Å². The van der Waals surface area contributed by atoms with Gasteiger partial charge in [-0.1, -0.05) is 0 Å². The van der Waals surface area contributed by atoms with Crippen molar-refractivity contribution in [1.82, 2.24) is 19.5 Å². The molecule has 0 aliphatic carbocycles. The van der Waals surface area contributed by atoms with Crippen molar-refractivity contribution in [3.05, 3.63) is 29.8 Å². The largest absolute Gasteiger partial charge is 0.331 e. The van der Waals surface area contributed by atoms with Gasteiger partial charge in [0.05, 0.1) is 11.3 Å². The summed E-state index contributed by atoms with van der Waals surface area (Å²) in [7, 11) is 1.87. The maximum Gasteiger partial charge on any atom is 0.196 e. The second kappa shape index (κ2) is 3.84. The summed E-state index contributed by atoms with van der Waals surface area (Å²) in [5.74, 6) is 1.21. The van der Waals surface area contributed by atoms with E-state index in [-0.39, 0.29) is 5.78 Å². The number of imidazole rings is 1. The maximum atomic E-state index is 11.2. The first-order chi connectivity index (χ1) is 7.59. The van der Waals surface area contributed by atoms with E-state index in [1.807, 2.05) is 17.8 Å². The Balaban J connectivity index is 2.50. The van der Waals surface area contributed by atoms with E-state index in [0.29, 0.717) is 22.9 Å². The molecular weight excluding hydrogens is 204 g/mol. The topological polar surface area (TPSA) is 60.7 Å². The number of ketones is 1. The molecule has 0 saturated carbocycles. The van der Waals surface area contributed by atoms with Gasteiger partial charge in [-0.05, 0) is 13.8 Å². The van der Waals surface area contributed by atoms with Crippen LogP contribution in [0.5, 0.6) is 0 Å². The van der Waals surface area contributed by atoms with Crippen LogP contribution in [0.4, 0.5) is 0 Å². The highest BCUT2D eigenvalue weighted by molar-refractivity contribution is 5.94. The summed E-state index contributed by atoms with van der Waals surface area (Å²) in [5, 5.41) is 0. The molecule has 0 aliphatic heterocycles. The predicted molar refractivity (Wildman–Crippen MR) is 59.0 cm³/mol. The molecule has 0 atom stereocenters. The van der Waals surface area contributed by atoms with Crippen LogP contribution in [0.2, 0.25) is 0 Å². The van der Waals surface area contributed by atoms with Gasteiger partial charge >= 0.3 is 0 Å². The fraction of sp³-hybridized carbons (Fsp3) is 0.273. The minimum atomic E-state index is -0.0242. The lowest BCUT2D eigenvalue weighted by Crippen LogP contribution is -2.04. The van der Waals surface area contributed by atoms with Crippen molar-refractivity contribution in [2.75, 3.05) is 0 Å². The van der Waals surface area contributed by atoms with Crippen molar-refractivity contribution >= 4 is 5.78 Å². The summed E-state index contributed by atoms with van der Waals surface area (Å²) < 4.78 is 1.84.